The van der Waals surface area contributed by atoms with Crippen molar-refractivity contribution in [3.05, 3.63) is 30.1 Å². The molecule has 0 bridgehead atoms. The fourth-order valence-electron chi connectivity index (χ4n) is 2.15. The van der Waals surface area contributed by atoms with E-state index < -0.39 is 0 Å². The van der Waals surface area contributed by atoms with Gasteiger partial charge in [0.1, 0.15) is 0 Å². The lowest BCUT2D eigenvalue weighted by Crippen LogP contribution is -2.26. The molecule has 1 N–H and O–H groups in total. The molecule has 1 aromatic heterocycles. The van der Waals surface area contributed by atoms with Crippen LogP contribution in [0.25, 0.3) is 0 Å². The van der Waals surface area contributed by atoms with Gasteiger partial charge in [-0.3, -0.25) is 4.98 Å². The number of nitrogens with zero attached hydrogens (tertiary/aromatic N) is 1. The van der Waals surface area contributed by atoms with Crippen molar-refractivity contribution in [2.75, 3.05) is 26.8 Å². The van der Waals surface area contributed by atoms with Crippen LogP contribution in [0, 0.1) is 5.41 Å². The number of pyridine rings is 1. The Bertz CT molecular complexity index is 322. The van der Waals surface area contributed by atoms with Crippen molar-refractivity contribution in [3.63, 3.8) is 0 Å². The summed E-state index contributed by atoms with van der Waals surface area (Å²) in [7, 11) is 1.78. The van der Waals surface area contributed by atoms with Crippen LogP contribution >= 0.6 is 0 Å². The third-order valence-electron chi connectivity index (χ3n) is 3.63. The summed E-state index contributed by atoms with van der Waals surface area (Å²) in [5, 5.41) is 3.57. The fraction of sp³-hybridized carbons (Fsp3) is 0.643. The predicted molar refractivity (Wildman–Crippen MR) is 69.0 cm³/mol. The Morgan fingerprint density at radius 1 is 1.35 bits per heavy atom. The monoisotopic (exact) mass is 234 g/mol. The van der Waals surface area contributed by atoms with Crippen molar-refractivity contribution >= 4 is 0 Å². The van der Waals surface area contributed by atoms with Crippen LogP contribution in [0.2, 0.25) is 0 Å². The largest absolute Gasteiger partial charge is 0.385 e. The molecule has 1 aromatic rings. The van der Waals surface area contributed by atoms with Gasteiger partial charge in [0.2, 0.25) is 0 Å². The minimum atomic E-state index is 0.550. The van der Waals surface area contributed by atoms with Crippen LogP contribution in [-0.2, 0) is 11.2 Å². The Kier molecular flexibility index (Phi) is 4.51. The van der Waals surface area contributed by atoms with Crippen LogP contribution in [-0.4, -0.2) is 31.8 Å². The van der Waals surface area contributed by atoms with E-state index in [1.165, 1.54) is 24.8 Å². The van der Waals surface area contributed by atoms with Gasteiger partial charge in [-0.2, -0.15) is 0 Å². The number of rotatable bonds is 8. The number of hydrogen-bond donors (Lipinski definition) is 1. The van der Waals surface area contributed by atoms with Gasteiger partial charge in [0, 0.05) is 32.7 Å². The van der Waals surface area contributed by atoms with Gasteiger partial charge in [0.05, 0.1) is 0 Å². The lowest BCUT2D eigenvalue weighted by Gasteiger charge is -2.15. The molecule has 0 spiro atoms. The minimum absolute atomic E-state index is 0.550. The molecule has 3 heteroatoms. The summed E-state index contributed by atoms with van der Waals surface area (Å²) in [5.41, 5.74) is 1.91. The Labute approximate surface area is 104 Å². The second-order valence-corrected chi connectivity index (χ2v) is 5.03. The zero-order chi connectivity index (χ0) is 12.0. The van der Waals surface area contributed by atoms with Crippen molar-refractivity contribution in [3.8, 4) is 0 Å². The Balaban J connectivity index is 1.60. The third kappa shape index (κ3) is 4.10. The maximum Gasteiger partial charge on any atom is 0.0468 e. The van der Waals surface area contributed by atoms with E-state index in [0.29, 0.717) is 5.41 Å². The van der Waals surface area contributed by atoms with Crippen LogP contribution in [0.3, 0.4) is 0 Å². The zero-order valence-corrected chi connectivity index (χ0v) is 10.6. The lowest BCUT2D eigenvalue weighted by molar-refractivity contribution is 0.171. The van der Waals surface area contributed by atoms with Crippen LogP contribution in [0.15, 0.2) is 24.5 Å². The van der Waals surface area contributed by atoms with E-state index in [1.807, 2.05) is 12.4 Å². The highest BCUT2D eigenvalue weighted by atomic mass is 16.5. The molecule has 1 fully saturated rings. The van der Waals surface area contributed by atoms with Gasteiger partial charge in [-0.25, -0.2) is 0 Å². The van der Waals surface area contributed by atoms with Gasteiger partial charge < -0.3 is 10.1 Å². The molecule has 1 aliphatic carbocycles. The third-order valence-corrected chi connectivity index (χ3v) is 3.63. The molecular weight excluding hydrogens is 212 g/mol. The molecule has 2 rings (SSSR count). The molecule has 0 aromatic carbocycles. The van der Waals surface area contributed by atoms with E-state index in [1.54, 1.807) is 7.11 Å². The van der Waals surface area contributed by atoms with Crippen molar-refractivity contribution in [2.24, 2.45) is 5.41 Å². The maximum absolute atomic E-state index is 5.16. The number of ether oxygens (including phenoxy) is 1. The fourth-order valence-corrected chi connectivity index (χ4v) is 2.15. The standard InChI is InChI=1S/C14H22N2O/c1-17-11-7-14(5-6-14)12-16-10-4-13-2-8-15-9-3-13/h2-3,8-9,16H,4-7,10-12H2,1H3. The molecule has 0 atom stereocenters. The van der Waals surface area contributed by atoms with Gasteiger partial charge in [-0.1, -0.05) is 0 Å². The van der Waals surface area contributed by atoms with Gasteiger partial charge in [-0.05, 0) is 55.3 Å². The molecule has 0 unspecified atom stereocenters. The Hall–Kier alpha value is -0.930. The van der Waals surface area contributed by atoms with Crippen molar-refractivity contribution in [1.29, 1.82) is 0 Å². The molecule has 1 heterocycles. The first-order valence-electron chi connectivity index (χ1n) is 6.43. The molecule has 0 saturated heterocycles. The summed E-state index contributed by atoms with van der Waals surface area (Å²) in [4.78, 5) is 4.02. The summed E-state index contributed by atoms with van der Waals surface area (Å²) in [6.45, 7) is 3.09. The highest BCUT2D eigenvalue weighted by Crippen LogP contribution is 2.48. The summed E-state index contributed by atoms with van der Waals surface area (Å²) in [6, 6.07) is 4.17. The molecule has 94 valence electrons. The lowest BCUT2D eigenvalue weighted by atomic mass is 10.0. The van der Waals surface area contributed by atoms with Crippen molar-refractivity contribution in [2.45, 2.75) is 25.7 Å². The Morgan fingerprint density at radius 2 is 2.12 bits per heavy atom. The highest BCUT2D eigenvalue weighted by Gasteiger charge is 2.41. The minimum Gasteiger partial charge on any atom is -0.385 e. The maximum atomic E-state index is 5.16. The molecule has 3 nitrogen and oxygen atoms in total. The SMILES string of the molecule is COCCC1(CNCCc2ccncc2)CC1. The van der Waals surface area contributed by atoms with E-state index in [-0.39, 0.29) is 0 Å². The smallest absolute Gasteiger partial charge is 0.0468 e. The second-order valence-electron chi connectivity index (χ2n) is 5.03. The topological polar surface area (TPSA) is 34.1 Å². The second kappa shape index (κ2) is 6.12. The van der Waals surface area contributed by atoms with Crippen molar-refractivity contribution < 1.29 is 4.74 Å². The first-order chi connectivity index (χ1) is 8.35. The molecule has 0 amide bonds. The molecule has 17 heavy (non-hydrogen) atoms. The van der Waals surface area contributed by atoms with Gasteiger partial charge in [0.25, 0.3) is 0 Å². The highest BCUT2D eigenvalue weighted by molar-refractivity contribution is 5.09. The number of nitrogens with one attached hydrogen (secondary N) is 1. The number of hydrogen-bond acceptors (Lipinski definition) is 3. The van der Waals surface area contributed by atoms with E-state index in [2.05, 4.69) is 22.4 Å². The zero-order valence-electron chi connectivity index (χ0n) is 10.6. The van der Waals surface area contributed by atoms with E-state index in [0.717, 1.165) is 26.1 Å². The molecular formula is C14H22N2O. The summed E-state index contributed by atoms with van der Waals surface area (Å²) >= 11 is 0. The Morgan fingerprint density at radius 3 is 2.76 bits per heavy atom. The van der Waals surface area contributed by atoms with E-state index >= 15 is 0 Å². The normalized spacial score (nSPS) is 17.0. The first kappa shape index (κ1) is 12.5. The van der Waals surface area contributed by atoms with Crippen LogP contribution in [0.5, 0.6) is 0 Å². The van der Waals surface area contributed by atoms with E-state index in [4.69, 9.17) is 4.74 Å². The van der Waals surface area contributed by atoms with Gasteiger partial charge in [-0.15, -0.1) is 0 Å². The quantitative estimate of drug-likeness (QED) is 0.699. The predicted octanol–water partition coefficient (Wildman–Crippen LogP) is 2.03. The average Bonchev–Trinajstić information content (AvgIpc) is 3.14. The van der Waals surface area contributed by atoms with Gasteiger partial charge >= 0.3 is 0 Å². The first-order valence-corrected chi connectivity index (χ1v) is 6.43. The van der Waals surface area contributed by atoms with Crippen LogP contribution in [0.4, 0.5) is 0 Å². The summed E-state index contributed by atoms with van der Waals surface area (Å²) in [6.07, 6.45) is 8.72. The summed E-state index contributed by atoms with van der Waals surface area (Å²) in [5.74, 6) is 0. The molecule has 0 aliphatic heterocycles. The van der Waals surface area contributed by atoms with E-state index in [9.17, 15) is 0 Å². The average molecular weight is 234 g/mol. The summed E-state index contributed by atoms with van der Waals surface area (Å²) < 4.78 is 5.16. The number of aromatic nitrogens is 1. The number of methoxy groups -OCH3 is 1. The molecule has 1 saturated carbocycles. The molecule has 0 radical (unpaired) electrons. The van der Waals surface area contributed by atoms with Crippen LogP contribution < -0.4 is 5.32 Å². The van der Waals surface area contributed by atoms with Crippen LogP contribution in [0.1, 0.15) is 24.8 Å². The van der Waals surface area contributed by atoms with Gasteiger partial charge in [0.15, 0.2) is 0 Å². The van der Waals surface area contributed by atoms with Crippen molar-refractivity contribution in [1.82, 2.24) is 10.3 Å². The molecule has 1 aliphatic rings.